The third-order valence-electron chi connectivity index (χ3n) is 0.957. The summed E-state index contributed by atoms with van der Waals surface area (Å²) in [5.41, 5.74) is 0. The van der Waals surface area contributed by atoms with Gasteiger partial charge in [0.2, 0.25) is 0 Å². The summed E-state index contributed by atoms with van der Waals surface area (Å²) >= 11 is 0. The monoisotopic (exact) mass is 347 g/mol. The smallest absolute Gasteiger partial charge is 0.303 e. The average molecular weight is 347 g/mol. The van der Waals surface area contributed by atoms with Crippen LogP contribution in [0.3, 0.4) is 0 Å². The van der Waals surface area contributed by atoms with E-state index in [1.165, 1.54) is 27.7 Å². The molecule has 0 spiro atoms. The molecule has 0 bridgehead atoms. The second-order valence-electron chi connectivity index (χ2n) is 2.96. The molecule has 6 nitrogen and oxygen atoms in total. The van der Waals surface area contributed by atoms with Gasteiger partial charge in [-0.05, 0) is 13.8 Å². The number of hydrogen-bond donors (Lipinski definition) is 0. The van der Waals surface area contributed by atoms with Crippen LogP contribution in [0.1, 0.15) is 27.7 Å². The van der Waals surface area contributed by atoms with Gasteiger partial charge in [-0.1, -0.05) is 0 Å². The van der Waals surface area contributed by atoms with Crippen molar-refractivity contribution in [1.29, 1.82) is 0 Å². The fourth-order valence-electron chi connectivity index (χ4n) is 0.407. The predicted octanol–water partition coefficient (Wildman–Crippen LogP) is -0.104. The second-order valence-corrected chi connectivity index (χ2v) is 2.96. The van der Waals surface area contributed by atoms with Gasteiger partial charge >= 0.3 is 11.9 Å². The van der Waals surface area contributed by atoms with Crippen LogP contribution in [0.2, 0.25) is 0 Å². The normalized spacial score (nSPS) is 7.76. The first-order valence-corrected chi connectivity index (χ1v) is 4.51. The maximum atomic E-state index is 10.1. The molecule has 3 radical (unpaired) electrons. The van der Waals surface area contributed by atoms with E-state index >= 15 is 0 Å². The van der Waals surface area contributed by atoms with Crippen molar-refractivity contribution in [3.05, 3.63) is 0 Å². The Hall–Kier alpha value is -0.850. The van der Waals surface area contributed by atoms with Crippen molar-refractivity contribution in [2.24, 2.45) is 0 Å². The van der Waals surface area contributed by atoms with Gasteiger partial charge in [0.25, 0.3) is 0 Å². The predicted molar refractivity (Wildman–Crippen MR) is 60.4 cm³/mol. The van der Waals surface area contributed by atoms with Crippen LogP contribution in [0, 0.1) is 0 Å². The number of esters is 2. The summed E-state index contributed by atoms with van der Waals surface area (Å²) in [5, 5.41) is 0. The van der Waals surface area contributed by atoms with Gasteiger partial charge in [0.15, 0.2) is 11.6 Å². The van der Waals surface area contributed by atoms with E-state index in [0.717, 1.165) is 0 Å². The first-order chi connectivity index (χ1) is 7.25. The Morgan fingerprint density at radius 1 is 0.706 bits per heavy atom. The minimum absolute atomic E-state index is 0. The Bertz CT molecular complexity index is 218. The van der Waals surface area contributed by atoms with Crippen molar-refractivity contribution in [2.75, 3.05) is 13.2 Å². The number of Topliss-reactive ketones (excluding diaryl/α,β-unsaturated/α-hetero) is 2. The van der Waals surface area contributed by atoms with Crippen molar-refractivity contribution in [1.82, 2.24) is 0 Å². The number of carbonyl (C=O) groups excluding carboxylic acids is 4. The Kier molecular flexibility index (Phi) is 16.7. The van der Waals surface area contributed by atoms with Gasteiger partial charge in [-0.15, -0.1) is 0 Å². The molecule has 0 atom stereocenters. The standard InChI is InChI=1S/2C5H8O3.In/c2*1-4(6)3-8-5(2)7;/h2*3H2,1-2H3;. The minimum atomic E-state index is -0.416. The van der Waals surface area contributed by atoms with Gasteiger partial charge < -0.3 is 9.47 Å². The first-order valence-electron chi connectivity index (χ1n) is 4.51. The van der Waals surface area contributed by atoms with Crippen LogP contribution in [-0.2, 0) is 28.7 Å². The third-order valence-corrected chi connectivity index (χ3v) is 0.957. The van der Waals surface area contributed by atoms with E-state index in [-0.39, 0.29) is 50.6 Å². The number of ketones is 2. The molecule has 7 heteroatoms. The Morgan fingerprint density at radius 3 is 1.00 bits per heavy atom. The summed E-state index contributed by atoms with van der Waals surface area (Å²) in [6.45, 7) is 5.06. The maximum Gasteiger partial charge on any atom is 0.303 e. The fourth-order valence-corrected chi connectivity index (χ4v) is 0.407. The average Bonchev–Trinajstić information content (AvgIpc) is 2.12. The zero-order chi connectivity index (χ0) is 13.1. The second kappa shape index (κ2) is 13.2. The van der Waals surface area contributed by atoms with Gasteiger partial charge in [0.05, 0.1) is 0 Å². The van der Waals surface area contributed by atoms with Gasteiger partial charge in [-0.25, -0.2) is 0 Å². The first kappa shape index (κ1) is 21.4. The van der Waals surface area contributed by atoms with Crippen LogP contribution in [0.25, 0.3) is 0 Å². The molecule has 0 heterocycles. The molecule has 0 aliphatic heterocycles. The van der Waals surface area contributed by atoms with E-state index in [0.29, 0.717) is 0 Å². The molecular formula is C10H16InO6. The van der Waals surface area contributed by atoms with Crippen LogP contribution < -0.4 is 0 Å². The molecule has 0 fully saturated rings. The molecule has 17 heavy (non-hydrogen) atoms. The molecule has 0 saturated carbocycles. The van der Waals surface area contributed by atoms with E-state index in [9.17, 15) is 19.2 Å². The van der Waals surface area contributed by atoms with Gasteiger partial charge in [0.1, 0.15) is 13.2 Å². The molecule has 0 N–H and O–H groups in total. The van der Waals surface area contributed by atoms with Crippen molar-refractivity contribution in [3.63, 3.8) is 0 Å². The summed E-state index contributed by atoms with van der Waals surface area (Å²) in [6.07, 6.45) is 0. The molecule has 95 valence electrons. The zero-order valence-corrected chi connectivity index (χ0v) is 13.7. The summed E-state index contributed by atoms with van der Waals surface area (Å²) in [4.78, 5) is 40.1. The Labute approximate surface area is 119 Å². The fraction of sp³-hybridized carbons (Fsp3) is 0.600. The topological polar surface area (TPSA) is 86.7 Å². The summed E-state index contributed by atoms with van der Waals surface area (Å²) in [5.74, 6) is -1.11. The molecule has 0 unspecified atom stereocenters. The van der Waals surface area contributed by atoms with Crippen molar-refractivity contribution in [2.45, 2.75) is 27.7 Å². The Balaban J connectivity index is -0.000000218. The van der Waals surface area contributed by atoms with E-state index < -0.39 is 11.9 Å². The molecule has 0 aliphatic carbocycles. The maximum absolute atomic E-state index is 10.1. The van der Waals surface area contributed by atoms with Crippen LogP contribution in [0.4, 0.5) is 0 Å². The largest absolute Gasteiger partial charge is 0.458 e. The minimum Gasteiger partial charge on any atom is -0.458 e. The molecule has 0 rings (SSSR count). The summed E-state index contributed by atoms with van der Waals surface area (Å²) in [6, 6.07) is 0. The molecule has 0 aromatic heterocycles. The number of carbonyl (C=O) groups is 4. The van der Waals surface area contributed by atoms with Gasteiger partial charge in [-0.3, -0.25) is 19.2 Å². The van der Waals surface area contributed by atoms with Crippen LogP contribution in [-0.4, -0.2) is 62.6 Å². The molecule has 0 amide bonds. The number of ether oxygens (including phenoxy) is 2. The molecule has 0 aromatic carbocycles. The van der Waals surface area contributed by atoms with E-state index in [1.54, 1.807) is 0 Å². The van der Waals surface area contributed by atoms with Crippen LogP contribution >= 0.6 is 0 Å². The van der Waals surface area contributed by atoms with Crippen LogP contribution in [0.5, 0.6) is 0 Å². The van der Waals surface area contributed by atoms with E-state index in [1.807, 2.05) is 0 Å². The Morgan fingerprint density at radius 2 is 0.941 bits per heavy atom. The molecule has 0 aromatic rings. The molecule has 0 saturated heterocycles. The third kappa shape index (κ3) is 31.3. The molecule has 0 aliphatic rings. The van der Waals surface area contributed by atoms with Gasteiger partial charge in [0, 0.05) is 39.7 Å². The van der Waals surface area contributed by atoms with Crippen molar-refractivity contribution < 1.29 is 28.7 Å². The summed E-state index contributed by atoms with van der Waals surface area (Å²) in [7, 11) is 0. The summed E-state index contributed by atoms with van der Waals surface area (Å²) < 4.78 is 8.63. The quantitative estimate of drug-likeness (QED) is 0.660. The molecular weight excluding hydrogens is 331 g/mol. The van der Waals surface area contributed by atoms with E-state index in [4.69, 9.17) is 0 Å². The zero-order valence-electron chi connectivity index (χ0n) is 10.4. The van der Waals surface area contributed by atoms with Crippen LogP contribution in [0.15, 0.2) is 0 Å². The van der Waals surface area contributed by atoms with Crippen molar-refractivity contribution >= 4 is 49.3 Å². The van der Waals surface area contributed by atoms with Crippen molar-refractivity contribution in [3.8, 4) is 0 Å². The van der Waals surface area contributed by atoms with Gasteiger partial charge in [-0.2, -0.15) is 0 Å². The SMILES string of the molecule is CC(=O)COC(C)=O.CC(=O)COC(C)=O.[In]. The van der Waals surface area contributed by atoms with E-state index in [2.05, 4.69) is 9.47 Å². The number of rotatable bonds is 4. The number of hydrogen-bond acceptors (Lipinski definition) is 6.